The average Bonchev–Trinajstić information content (AvgIpc) is 2.85. The fourth-order valence-corrected chi connectivity index (χ4v) is 3.37. The molecule has 0 saturated heterocycles. The molecule has 2 N–H and O–H groups in total. The van der Waals surface area contributed by atoms with Crippen molar-refractivity contribution in [1.82, 2.24) is 5.43 Å². The molecule has 0 aliphatic rings. The Kier molecular flexibility index (Phi) is 9.69. The second-order valence-corrected chi connectivity index (χ2v) is 8.02. The summed E-state index contributed by atoms with van der Waals surface area (Å²) < 4.78 is 11.6. The highest BCUT2D eigenvalue weighted by molar-refractivity contribution is 6.30. The number of hydrogen-bond donors (Lipinski definition) is 2. The average molecular weight is 494 g/mol. The molecule has 3 aromatic carbocycles. The second kappa shape index (κ2) is 13.2. The first-order chi connectivity index (χ1) is 17.0. The molecule has 3 rings (SSSR count). The molecule has 182 valence electrons. The van der Waals surface area contributed by atoms with Crippen LogP contribution in [0.4, 0.5) is 5.69 Å². The van der Waals surface area contributed by atoms with Crippen molar-refractivity contribution in [3.8, 4) is 11.5 Å². The molecule has 0 saturated carbocycles. The normalized spacial score (nSPS) is 10.7. The monoisotopic (exact) mass is 493 g/mol. The highest BCUT2D eigenvalue weighted by atomic mass is 35.5. The van der Waals surface area contributed by atoms with Crippen LogP contribution in [-0.2, 0) is 22.6 Å². The first kappa shape index (κ1) is 25.8. The number of anilines is 1. The molecular weight excluding hydrogens is 466 g/mol. The van der Waals surface area contributed by atoms with E-state index < -0.39 is 11.8 Å². The Bertz CT molecular complexity index is 1180. The van der Waals surface area contributed by atoms with Crippen molar-refractivity contribution in [2.24, 2.45) is 5.10 Å². The number of nitrogens with zero attached hydrogens (tertiary/aromatic N) is 1. The maximum atomic E-state index is 12.2. The van der Waals surface area contributed by atoms with Crippen LogP contribution >= 0.6 is 11.6 Å². The summed E-state index contributed by atoms with van der Waals surface area (Å²) in [5, 5.41) is 7.39. The Labute approximate surface area is 210 Å². The Morgan fingerprint density at radius 3 is 2.46 bits per heavy atom. The summed E-state index contributed by atoms with van der Waals surface area (Å²) >= 11 is 5.92. The zero-order chi connectivity index (χ0) is 25.0. The van der Waals surface area contributed by atoms with Crippen LogP contribution in [0.1, 0.15) is 37.0 Å². The zero-order valence-corrected chi connectivity index (χ0v) is 20.5. The summed E-state index contributed by atoms with van der Waals surface area (Å²) in [6.45, 7) is 4.71. The Balaban J connectivity index is 1.54. The largest absolute Gasteiger partial charge is 0.490 e. The fraction of sp³-hybridized carbons (Fsp3) is 0.222. The fourth-order valence-electron chi connectivity index (χ4n) is 3.24. The summed E-state index contributed by atoms with van der Waals surface area (Å²) in [6.07, 6.45) is 1.92. The number of amides is 2. The number of carbonyl (C=O) groups is 2. The lowest BCUT2D eigenvalue weighted by Gasteiger charge is -2.12. The van der Waals surface area contributed by atoms with E-state index in [9.17, 15) is 9.59 Å². The number of hydrazone groups is 1. The molecule has 0 bridgehead atoms. The number of hydrogen-bond acceptors (Lipinski definition) is 5. The zero-order valence-electron chi connectivity index (χ0n) is 19.7. The van der Waals surface area contributed by atoms with Gasteiger partial charge in [-0.2, -0.15) is 5.10 Å². The smallest absolute Gasteiger partial charge is 0.249 e. The van der Waals surface area contributed by atoms with Gasteiger partial charge in [-0.1, -0.05) is 48.9 Å². The summed E-state index contributed by atoms with van der Waals surface area (Å²) in [4.78, 5) is 24.3. The van der Waals surface area contributed by atoms with E-state index in [-0.39, 0.29) is 6.42 Å². The van der Waals surface area contributed by atoms with Crippen LogP contribution in [0.2, 0.25) is 5.02 Å². The van der Waals surface area contributed by atoms with Crippen LogP contribution in [-0.4, -0.2) is 24.6 Å². The SMILES string of the molecule is CCOc1cc(C=NNC(=O)CC(=O)Nc2ccccc2CC)ccc1OCc1ccc(Cl)cc1. The van der Waals surface area contributed by atoms with Crippen LogP contribution in [0.25, 0.3) is 0 Å². The molecule has 0 atom stereocenters. The van der Waals surface area contributed by atoms with E-state index in [1.807, 2.05) is 62.4 Å². The van der Waals surface area contributed by atoms with Gasteiger partial charge in [0, 0.05) is 10.7 Å². The Morgan fingerprint density at radius 1 is 0.943 bits per heavy atom. The topological polar surface area (TPSA) is 89.0 Å². The summed E-state index contributed by atoms with van der Waals surface area (Å²) in [6, 6.07) is 20.3. The third kappa shape index (κ3) is 8.15. The molecule has 8 heteroatoms. The predicted octanol–water partition coefficient (Wildman–Crippen LogP) is 5.36. The molecule has 3 aromatic rings. The van der Waals surface area contributed by atoms with Gasteiger partial charge < -0.3 is 14.8 Å². The van der Waals surface area contributed by atoms with Gasteiger partial charge in [-0.15, -0.1) is 0 Å². The molecule has 0 aliphatic carbocycles. The van der Waals surface area contributed by atoms with Crippen molar-refractivity contribution in [3.63, 3.8) is 0 Å². The van der Waals surface area contributed by atoms with Crippen LogP contribution < -0.4 is 20.2 Å². The van der Waals surface area contributed by atoms with Crippen LogP contribution in [0, 0.1) is 0 Å². The van der Waals surface area contributed by atoms with Gasteiger partial charge in [0.1, 0.15) is 13.0 Å². The highest BCUT2D eigenvalue weighted by Gasteiger charge is 2.11. The molecule has 7 nitrogen and oxygen atoms in total. The van der Waals surface area contributed by atoms with Crippen LogP contribution in [0.15, 0.2) is 71.8 Å². The van der Waals surface area contributed by atoms with Gasteiger partial charge in [0.05, 0.1) is 12.8 Å². The van der Waals surface area contributed by atoms with Crippen molar-refractivity contribution in [1.29, 1.82) is 0 Å². The maximum Gasteiger partial charge on any atom is 0.249 e. The summed E-state index contributed by atoms with van der Waals surface area (Å²) in [5.41, 5.74) is 5.77. The molecule has 0 radical (unpaired) electrons. The molecule has 0 spiro atoms. The van der Waals surface area contributed by atoms with Crippen LogP contribution in [0.3, 0.4) is 0 Å². The minimum atomic E-state index is -0.513. The number of halogens is 1. The van der Waals surface area contributed by atoms with E-state index in [1.165, 1.54) is 6.21 Å². The van der Waals surface area contributed by atoms with E-state index in [4.69, 9.17) is 21.1 Å². The standard InChI is InChI=1S/C27H28ClN3O4/c1-3-21-7-5-6-8-23(21)30-26(32)16-27(33)31-29-17-20-11-14-24(25(15-20)34-4-2)35-18-19-9-12-22(28)13-10-19/h5-15,17H,3-4,16,18H2,1-2H3,(H,30,32)(H,31,33). The van der Waals surface area contributed by atoms with Gasteiger partial charge in [0.25, 0.3) is 0 Å². The number of ether oxygens (including phenoxy) is 2. The maximum absolute atomic E-state index is 12.2. The van der Waals surface area contributed by atoms with Crippen molar-refractivity contribution < 1.29 is 19.1 Å². The van der Waals surface area contributed by atoms with Gasteiger partial charge in [-0.05, 0) is 66.4 Å². The number of nitrogens with one attached hydrogen (secondary N) is 2. The first-order valence-electron chi connectivity index (χ1n) is 11.3. The molecule has 0 aliphatic heterocycles. The Morgan fingerprint density at radius 2 is 1.71 bits per heavy atom. The number of aryl methyl sites for hydroxylation is 1. The lowest BCUT2D eigenvalue weighted by Crippen LogP contribution is -2.25. The summed E-state index contributed by atoms with van der Waals surface area (Å²) in [5.74, 6) is 0.234. The van der Waals surface area contributed by atoms with E-state index in [0.29, 0.717) is 41.0 Å². The quantitative estimate of drug-likeness (QED) is 0.214. The number of para-hydroxylation sites is 1. The third-order valence-corrected chi connectivity index (χ3v) is 5.22. The van der Waals surface area contributed by atoms with E-state index in [1.54, 1.807) is 18.2 Å². The molecule has 0 unspecified atom stereocenters. The molecular formula is C27H28ClN3O4. The lowest BCUT2D eigenvalue weighted by atomic mass is 10.1. The van der Waals surface area contributed by atoms with E-state index in [2.05, 4.69) is 15.8 Å². The lowest BCUT2D eigenvalue weighted by molar-refractivity contribution is -0.126. The summed E-state index contributed by atoms with van der Waals surface area (Å²) in [7, 11) is 0. The molecule has 0 heterocycles. The number of rotatable bonds is 11. The van der Waals surface area contributed by atoms with Gasteiger partial charge >= 0.3 is 0 Å². The van der Waals surface area contributed by atoms with Crippen molar-refractivity contribution in [2.45, 2.75) is 33.3 Å². The number of carbonyl (C=O) groups excluding carboxylic acids is 2. The van der Waals surface area contributed by atoms with Gasteiger partial charge in [-0.3, -0.25) is 9.59 Å². The van der Waals surface area contributed by atoms with Gasteiger partial charge in [-0.25, -0.2) is 5.43 Å². The van der Waals surface area contributed by atoms with E-state index >= 15 is 0 Å². The van der Waals surface area contributed by atoms with Crippen molar-refractivity contribution >= 4 is 35.3 Å². The minimum Gasteiger partial charge on any atom is -0.490 e. The van der Waals surface area contributed by atoms with Crippen LogP contribution in [0.5, 0.6) is 11.5 Å². The predicted molar refractivity (Wildman–Crippen MR) is 138 cm³/mol. The Hall–Kier alpha value is -3.84. The van der Waals surface area contributed by atoms with Gasteiger partial charge in [0.15, 0.2) is 11.5 Å². The van der Waals surface area contributed by atoms with Crippen molar-refractivity contribution in [3.05, 3.63) is 88.4 Å². The minimum absolute atomic E-state index is 0.336. The van der Waals surface area contributed by atoms with Crippen molar-refractivity contribution in [2.75, 3.05) is 11.9 Å². The molecule has 0 fully saturated rings. The molecule has 35 heavy (non-hydrogen) atoms. The third-order valence-electron chi connectivity index (χ3n) is 4.97. The van der Waals surface area contributed by atoms with Gasteiger partial charge in [0.2, 0.25) is 11.8 Å². The molecule has 0 aromatic heterocycles. The van der Waals surface area contributed by atoms with E-state index in [0.717, 1.165) is 17.5 Å². The molecule has 2 amide bonds. The highest BCUT2D eigenvalue weighted by Crippen LogP contribution is 2.29. The number of benzene rings is 3. The first-order valence-corrected chi connectivity index (χ1v) is 11.7. The second-order valence-electron chi connectivity index (χ2n) is 7.58.